The van der Waals surface area contributed by atoms with Crippen molar-refractivity contribution in [1.29, 1.82) is 0 Å². The lowest BCUT2D eigenvalue weighted by Crippen LogP contribution is -2.09. The van der Waals surface area contributed by atoms with Crippen molar-refractivity contribution in [1.82, 2.24) is 0 Å². The molecule has 0 bridgehead atoms. The second-order valence-corrected chi connectivity index (χ2v) is 14.1. The van der Waals surface area contributed by atoms with Crippen LogP contribution in [0.5, 0.6) is 0 Å². The normalized spacial score (nSPS) is 11.2. The van der Waals surface area contributed by atoms with Crippen LogP contribution in [0.25, 0.3) is 77.6 Å². The van der Waals surface area contributed by atoms with Gasteiger partial charge in [0.2, 0.25) is 0 Å². The standard InChI is InChI=1S/C54H37NO/c1-2-14-40(15-3-1)49-20-7-9-22-51(49)52-23-10-8-21-50(52)41-28-32-47(33-29-41)55(48-34-27-38-13-4-5-16-43(38)36-48)46-30-25-39(26-31-46)42-18-12-19-44(35-42)54-37-45-17-6-11-24-53(45)56-54/h1-37H. The van der Waals surface area contributed by atoms with Crippen molar-refractivity contribution in [3.8, 4) is 55.8 Å². The van der Waals surface area contributed by atoms with Gasteiger partial charge in [-0.25, -0.2) is 0 Å². The van der Waals surface area contributed by atoms with E-state index in [1.54, 1.807) is 0 Å². The van der Waals surface area contributed by atoms with Crippen LogP contribution in [0.1, 0.15) is 0 Å². The van der Waals surface area contributed by atoms with E-state index in [1.807, 2.05) is 18.2 Å². The largest absolute Gasteiger partial charge is 0.456 e. The Balaban J connectivity index is 1.02. The van der Waals surface area contributed by atoms with Gasteiger partial charge >= 0.3 is 0 Å². The van der Waals surface area contributed by atoms with Gasteiger partial charge in [-0.3, -0.25) is 0 Å². The Hall–Kier alpha value is -7.42. The molecule has 1 heterocycles. The Morgan fingerprint density at radius 2 is 0.768 bits per heavy atom. The van der Waals surface area contributed by atoms with Crippen molar-refractivity contribution in [2.75, 3.05) is 4.90 Å². The molecule has 9 aromatic carbocycles. The molecule has 264 valence electrons. The molecule has 10 aromatic rings. The highest BCUT2D eigenvalue weighted by molar-refractivity contribution is 5.93. The van der Waals surface area contributed by atoms with E-state index in [2.05, 4.69) is 211 Å². The molecule has 0 fully saturated rings. The fourth-order valence-corrected chi connectivity index (χ4v) is 7.89. The maximum Gasteiger partial charge on any atom is 0.135 e. The van der Waals surface area contributed by atoms with E-state index in [9.17, 15) is 0 Å². The summed E-state index contributed by atoms with van der Waals surface area (Å²) in [6.07, 6.45) is 0. The number of rotatable bonds is 8. The molecule has 0 aliphatic heterocycles. The van der Waals surface area contributed by atoms with Gasteiger partial charge < -0.3 is 9.32 Å². The van der Waals surface area contributed by atoms with Crippen molar-refractivity contribution >= 4 is 38.8 Å². The van der Waals surface area contributed by atoms with E-state index in [4.69, 9.17) is 4.42 Å². The molecule has 2 heteroatoms. The number of fused-ring (bicyclic) bond motifs is 2. The number of nitrogens with zero attached hydrogens (tertiary/aromatic N) is 1. The number of benzene rings is 9. The third kappa shape index (κ3) is 6.34. The maximum atomic E-state index is 6.21. The third-order valence-corrected chi connectivity index (χ3v) is 10.7. The van der Waals surface area contributed by atoms with Crippen LogP contribution in [-0.2, 0) is 0 Å². The maximum absolute atomic E-state index is 6.21. The molecular weight excluding hydrogens is 679 g/mol. The third-order valence-electron chi connectivity index (χ3n) is 10.7. The van der Waals surface area contributed by atoms with Crippen LogP contribution in [0, 0.1) is 0 Å². The van der Waals surface area contributed by atoms with Gasteiger partial charge in [0.15, 0.2) is 0 Å². The molecule has 0 saturated heterocycles. The van der Waals surface area contributed by atoms with Crippen LogP contribution in [0.4, 0.5) is 17.1 Å². The average Bonchev–Trinajstić information content (AvgIpc) is 3.72. The van der Waals surface area contributed by atoms with Gasteiger partial charge in [0.1, 0.15) is 11.3 Å². The minimum absolute atomic E-state index is 0.874. The highest BCUT2D eigenvalue weighted by Gasteiger charge is 2.16. The molecule has 2 nitrogen and oxygen atoms in total. The molecule has 0 unspecified atom stereocenters. The van der Waals surface area contributed by atoms with Gasteiger partial charge in [-0.05, 0) is 110 Å². The summed E-state index contributed by atoms with van der Waals surface area (Å²) in [6.45, 7) is 0. The quantitative estimate of drug-likeness (QED) is 0.156. The summed E-state index contributed by atoms with van der Waals surface area (Å²) >= 11 is 0. The molecular formula is C54H37NO. The lowest BCUT2D eigenvalue weighted by molar-refractivity contribution is 0.631. The fraction of sp³-hybridized carbons (Fsp3) is 0. The molecule has 1 aromatic heterocycles. The zero-order chi connectivity index (χ0) is 37.3. The number of para-hydroxylation sites is 1. The Morgan fingerprint density at radius 1 is 0.268 bits per heavy atom. The van der Waals surface area contributed by atoms with Crippen molar-refractivity contribution in [3.63, 3.8) is 0 Å². The Labute approximate surface area is 327 Å². The fourth-order valence-electron chi connectivity index (χ4n) is 7.89. The van der Waals surface area contributed by atoms with Crippen molar-refractivity contribution in [2.24, 2.45) is 0 Å². The summed E-state index contributed by atoms with van der Waals surface area (Å²) < 4.78 is 6.21. The van der Waals surface area contributed by atoms with Crippen LogP contribution in [0.15, 0.2) is 229 Å². The molecule has 0 atom stereocenters. The van der Waals surface area contributed by atoms with E-state index >= 15 is 0 Å². The molecule has 0 amide bonds. The Morgan fingerprint density at radius 3 is 1.45 bits per heavy atom. The summed E-state index contributed by atoms with van der Waals surface area (Å²) in [5, 5.41) is 3.53. The second-order valence-electron chi connectivity index (χ2n) is 14.1. The Kier molecular flexibility index (Phi) is 8.55. The molecule has 0 N–H and O–H groups in total. The summed E-state index contributed by atoms with van der Waals surface area (Å²) in [7, 11) is 0. The van der Waals surface area contributed by atoms with E-state index < -0.39 is 0 Å². The molecule has 0 aliphatic carbocycles. The minimum atomic E-state index is 0.874. The number of anilines is 3. The van der Waals surface area contributed by atoms with E-state index in [1.165, 1.54) is 44.2 Å². The first-order valence-electron chi connectivity index (χ1n) is 19.1. The zero-order valence-electron chi connectivity index (χ0n) is 30.7. The van der Waals surface area contributed by atoms with E-state index in [0.29, 0.717) is 0 Å². The van der Waals surface area contributed by atoms with Crippen LogP contribution in [0.3, 0.4) is 0 Å². The topological polar surface area (TPSA) is 16.4 Å². The van der Waals surface area contributed by atoms with Gasteiger partial charge in [-0.15, -0.1) is 0 Å². The Bertz CT molecular complexity index is 2930. The lowest BCUT2D eigenvalue weighted by atomic mass is 9.89. The molecule has 0 spiro atoms. The van der Waals surface area contributed by atoms with Gasteiger partial charge in [-0.1, -0.05) is 170 Å². The highest BCUT2D eigenvalue weighted by Crippen LogP contribution is 2.41. The monoisotopic (exact) mass is 715 g/mol. The molecule has 0 aliphatic rings. The van der Waals surface area contributed by atoms with Crippen LogP contribution in [0.2, 0.25) is 0 Å². The van der Waals surface area contributed by atoms with Gasteiger partial charge in [0, 0.05) is 28.0 Å². The second kappa shape index (κ2) is 14.4. The zero-order valence-corrected chi connectivity index (χ0v) is 30.7. The summed E-state index contributed by atoms with van der Waals surface area (Å²) in [5.41, 5.74) is 14.8. The highest BCUT2D eigenvalue weighted by atomic mass is 16.3. The molecule has 0 saturated carbocycles. The van der Waals surface area contributed by atoms with Crippen LogP contribution < -0.4 is 4.90 Å². The first-order valence-corrected chi connectivity index (χ1v) is 19.1. The summed E-state index contributed by atoms with van der Waals surface area (Å²) in [6, 6.07) is 80.1. The smallest absolute Gasteiger partial charge is 0.135 e. The lowest BCUT2D eigenvalue weighted by Gasteiger charge is -2.26. The molecule has 10 rings (SSSR count). The van der Waals surface area contributed by atoms with Gasteiger partial charge in [-0.2, -0.15) is 0 Å². The van der Waals surface area contributed by atoms with E-state index in [0.717, 1.165) is 50.5 Å². The number of furan rings is 1. The van der Waals surface area contributed by atoms with Crippen molar-refractivity contribution in [2.45, 2.75) is 0 Å². The van der Waals surface area contributed by atoms with E-state index in [-0.39, 0.29) is 0 Å². The SMILES string of the molecule is c1ccc(-c2ccccc2-c2ccccc2-c2ccc(N(c3ccc(-c4cccc(-c5cc6ccccc6o5)c4)cc3)c3ccc4ccccc4c3)cc2)cc1. The number of hydrogen-bond acceptors (Lipinski definition) is 2. The predicted molar refractivity (Wildman–Crippen MR) is 236 cm³/mol. The first kappa shape index (κ1) is 33.2. The van der Waals surface area contributed by atoms with Crippen molar-refractivity contribution in [3.05, 3.63) is 224 Å². The molecule has 0 radical (unpaired) electrons. The average molecular weight is 716 g/mol. The van der Waals surface area contributed by atoms with Gasteiger partial charge in [0.25, 0.3) is 0 Å². The molecule has 56 heavy (non-hydrogen) atoms. The number of hydrogen-bond donors (Lipinski definition) is 0. The van der Waals surface area contributed by atoms with Crippen molar-refractivity contribution < 1.29 is 4.42 Å². The van der Waals surface area contributed by atoms with Crippen LogP contribution >= 0.6 is 0 Å². The van der Waals surface area contributed by atoms with Crippen LogP contribution in [-0.4, -0.2) is 0 Å². The minimum Gasteiger partial charge on any atom is -0.456 e. The summed E-state index contributed by atoms with van der Waals surface area (Å²) in [5.74, 6) is 0.874. The summed E-state index contributed by atoms with van der Waals surface area (Å²) in [4.78, 5) is 2.35. The predicted octanol–water partition coefficient (Wildman–Crippen LogP) is 15.4. The van der Waals surface area contributed by atoms with Gasteiger partial charge in [0.05, 0.1) is 0 Å². The first-order chi connectivity index (χ1) is 27.7.